The van der Waals surface area contributed by atoms with Gasteiger partial charge in [0.2, 0.25) is 15.9 Å². The Labute approximate surface area is 145 Å². The molecule has 3 N–H and O–H groups in total. The zero-order valence-corrected chi connectivity index (χ0v) is 15.4. The van der Waals surface area contributed by atoms with E-state index in [0.29, 0.717) is 17.7 Å². The molecule has 0 aliphatic carbocycles. The van der Waals surface area contributed by atoms with Gasteiger partial charge in [0, 0.05) is 12.1 Å². The lowest BCUT2D eigenvalue weighted by Gasteiger charge is -2.20. The molecule has 0 saturated carbocycles. The standard InChI is InChI=1S/C17H29N3O3S/c1-3-10-20(11-4-2)12-6-9-17(21)19-16-8-5-7-15(13-16)14-24(18,22)23/h5,7-8,13H,3-4,6,9-12,14H2,1-2H3,(H,19,21)(H2,18,22,23). The number of nitrogens with zero attached hydrogens (tertiary/aromatic N) is 1. The van der Waals surface area contributed by atoms with E-state index in [4.69, 9.17) is 5.14 Å². The van der Waals surface area contributed by atoms with Crippen molar-refractivity contribution in [2.45, 2.75) is 45.3 Å². The topological polar surface area (TPSA) is 92.5 Å². The van der Waals surface area contributed by atoms with Gasteiger partial charge in [-0.15, -0.1) is 0 Å². The Balaban J connectivity index is 2.46. The van der Waals surface area contributed by atoms with Gasteiger partial charge in [0.25, 0.3) is 0 Å². The summed E-state index contributed by atoms with van der Waals surface area (Å²) in [4.78, 5) is 14.4. The molecule has 0 unspecified atom stereocenters. The normalized spacial score (nSPS) is 11.7. The monoisotopic (exact) mass is 355 g/mol. The summed E-state index contributed by atoms with van der Waals surface area (Å²) >= 11 is 0. The Bertz CT molecular complexity index is 611. The molecule has 0 heterocycles. The average molecular weight is 356 g/mol. The van der Waals surface area contributed by atoms with E-state index in [1.807, 2.05) is 0 Å². The van der Waals surface area contributed by atoms with Gasteiger partial charge in [0.05, 0.1) is 5.75 Å². The molecule has 0 aliphatic heterocycles. The van der Waals surface area contributed by atoms with Crippen LogP contribution in [0.5, 0.6) is 0 Å². The number of hydrogen-bond donors (Lipinski definition) is 2. The Kier molecular flexibility index (Phi) is 8.95. The van der Waals surface area contributed by atoms with Crippen molar-refractivity contribution in [2.24, 2.45) is 5.14 Å². The third-order valence-corrected chi connectivity index (χ3v) is 4.27. The molecular formula is C17H29N3O3S. The number of anilines is 1. The Hall–Kier alpha value is -1.44. The van der Waals surface area contributed by atoms with Crippen molar-refractivity contribution in [3.05, 3.63) is 29.8 Å². The molecule has 7 heteroatoms. The number of carbonyl (C=O) groups is 1. The van der Waals surface area contributed by atoms with Gasteiger partial charge in [-0.25, -0.2) is 13.6 Å². The summed E-state index contributed by atoms with van der Waals surface area (Å²) in [6.07, 6.45) is 3.48. The van der Waals surface area contributed by atoms with Crippen LogP contribution in [0.4, 0.5) is 5.69 Å². The maximum atomic E-state index is 12.0. The first-order valence-corrected chi connectivity index (χ1v) is 10.2. The van der Waals surface area contributed by atoms with Crippen molar-refractivity contribution < 1.29 is 13.2 Å². The summed E-state index contributed by atoms with van der Waals surface area (Å²) in [6.45, 7) is 7.35. The molecule has 1 aromatic rings. The number of hydrogen-bond acceptors (Lipinski definition) is 4. The molecule has 6 nitrogen and oxygen atoms in total. The summed E-state index contributed by atoms with van der Waals surface area (Å²) in [5.74, 6) is -0.296. The van der Waals surface area contributed by atoms with E-state index in [-0.39, 0.29) is 11.7 Å². The minimum Gasteiger partial charge on any atom is -0.326 e. The molecule has 1 amide bonds. The number of sulfonamides is 1. The highest BCUT2D eigenvalue weighted by atomic mass is 32.2. The molecule has 0 aromatic heterocycles. The molecule has 0 radical (unpaired) electrons. The second-order valence-electron chi connectivity index (χ2n) is 6.00. The summed E-state index contributed by atoms with van der Waals surface area (Å²) in [6, 6.07) is 6.77. The third kappa shape index (κ3) is 9.00. The van der Waals surface area contributed by atoms with Crippen molar-refractivity contribution in [1.82, 2.24) is 4.90 Å². The van der Waals surface area contributed by atoms with Crippen LogP contribution in [0.1, 0.15) is 45.1 Å². The van der Waals surface area contributed by atoms with Crippen LogP contribution >= 0.6 is 0 Å². The molecule has 24 heavy (non-hydrogen) atoms. The quantitative estimate of drug-likeness (QED) is 0.637. The molecule has 0 bridgehead atoms. The highest BCUT2D eigenvalue weighted by Crippen LogP contribution is 2.13. The Morgan fingerprint density at radius 2 is 1.83 bits per heavy atom. The van der Waals surface area contributed by atoms with Gasteiger partial charge >= 0.3 is 0 Å². The number of carbonyl (C=O) groups excluding carboxylic acids is 1. The van der Waals surface area contributed by atoms with Crippen LogP contribution in [0.3, 0.4) is 0 Å². The largest absolute Gasteiger partial charge is 0.326 e. The van der Waals surface area contributed by atoms with Crippen LogP contribution in [0.25, 0.3) is 0 Å². The number of nitrogens with two attached hydrogens (primary N) is 1. The first-order chi connectivity index (χ1) is 11.3. The lowest BCUT2D eigenvalue weighted by molar-refractivity contribution is -0.116. The minimum absolute atomic E-state index is 0.0595. The fraction of sp³-hybridized carbons (Fsp3) is 0.588. The SMILES string of the molecule is CCCN(CCC)CCCC(=O)Nc1cccc(CS(N)(=O)=O)c1. The average Bonchev–Trinajstić information content (AvgIpc) is 2.46. The van der Waals surface area contributed by atoms with E-state index in [0.717, 1.165) is 38.9 Å². The molecule has 0 saturated heterocycles. The van der Waals surface area contributed by atoms with Crippen molar-refractivity contribution >= 4 is 21.6 Å². The first-order valence-electron chi connectivity index (χ1n) is 8.45. The highest BCUT2D eigenvalue weighted by Gasteiger charge is 2.08. The van der Waals surface area contributed by atoms with Crippen LogP contribution in [0.15, 0.2) is 24.3 Å². The summed E-state index contributed by atoms with van der Waals surface area (Å²) < 4.78 is 22.3. The second kappa shape index (κ2) is 10.4. The zero-order valence-electron chi connectivity index (χ0n) is 14.6. The summed E-state index contributed by atoms with van der Waals surface area (Å²) in [7, 11) is -3.58. The predicted octanol–water partition coefficient (Wildman–Crippen LogP) is 2.32. The van der Waals surface area contributed by atoms with Crippen molar-refractivity contribution in [3.8, 4) is 0 Å². The Morgan fingerprint density at radius 1 is 1.17 bits per heavy atom. The lowest BCUT2D eigenvalue weighted by atomic mass is 10.2. The highest BCUT2D eigenvalue weighted by molar-refractivity contribution is 7.88. The smallest absolute Gasteiger partial charge is 0.224 e. The minimum atomic E-state index is -3.58. The number of amides is 1. The van der Waals surface area contributed by atoms with Crippen LogP contribution in [-0.2, 0) is 20.6 Å². The number of benzene rings is 1. The molecule has 0 fully saturated rings. The van der Waals surface area contributed by atoms with E-state index in [2.05, 4.69) is 24.1 Å². The lowest BCUT2D eigenvalue weighted by Crippen LogP contribution is -2.27. The van der Waals surface area contributed by atoms with Crippen LogP contribution in [-0.4, -0.2) is 38.9 Å². The van der Waals surface area contributed by atoms with Gasteiger partial charge in [-0.3, -0.25) is 4.79 Å². The first kappa shape index (κ1) is 20.6. The van der Waals surface area contributed by atoms with Crippen molar-refractivity contribution in [1.29, 1.82) is 0 Å². The maximum absolute atomic E-state index is 12.0. The summed E-state index contributed by atoms with van der Waals surface area (Å²) in [5, 5.41) is 7.86. The van der Waals surface area contributed by atoms with Crippen LogP contribution in [0.2, 0.25) is 0 Å². The van der Waals surface area contributed by atoms with Gasteiger partial charge in [-0.2, -0.15) is 0 Å². The van der Waals surface area contributed by atoms with Crippen molar-refractivity contribution in [2.75, 3.05) is 25.0 Å². The second-order valence-corrected chi connectivity index (χ2v) is 7.62. The molecule has 0 spiro atoms. The summed E-state index contributed by atoms with van der Waals surface area (Å²) in [5.41, 5.74) is 1.16. The van der Waals surface area contributed by atoms with E-state index in [1.54, 1.807) is 24.3 Å². The zero-order chi connectivity index (χ0) is 18.0. The molecule has 0 atom stereocenters. The van der Waals surface area contributed by atoms with E-state index in [9.17, 15) is 13.2 Å². The fourth-order valence-corrected chi connectivity index (χ4v) is 3.27. The van der Waals surface area contributed by atoms with E-state index < -0.39 is 10.0 Å². The number of primary sulfonamides is 1. The van der Waals surface area contributed by atoms with Gasteiger partial charge < -0.3 is 10.2 Å². The van der Waals surface area contributed by atoms with Crippen LogP contribution in [0, 0.1) is 0 Å². The maximum Gasteiger partial charge on any atom is 0.224 e. The number of rotatable bonds is 11. The van der Waals surface area contributed by atoms with Gasteiger partial charge in [0.1, 0.15) is 0 Å². The van der Waals surface area contributed by atoms with Crippen LogP contribution < -0.4 is 10.5 Å². The predicted molar refractivity (Wildman–Crippen MR) is 98.1 cm³/mol. The van der Waals surface area contributed by atoms with Crippen molar-refractivity contribution in [3.63, 3.8) is 0 Å². The molecule has 1 rings (SSSR count). The van der Waals surface area contributed by atoms with Gasteiger partial charge in [-0.1, -0.05) is 26.0 Å². The molecule has 0 aliphatic rings. The van der Waals surface area contributed by atoms with Gasteiger partial charge in [0.15, 0.2) is 0 Å². The van der Waals surface area contributed by atoms with E-state index in [1.165, 1.54) is 0 Å². The third-order valence-electron chi connectivity index (χ3n) is 3.54. The Morgan fingerprint density at radius 3 is 2.42 bits per heavy atom. The number of nitrogens with one attached hydrogen (secondary N) is 1. The molecule has 136 valence electrons. The van der Waals surface area contributed by atoms with E-state index >= 15 is 0 Å². The van der Waals surface area contributed by atoms with Gasteiger partial charge in [-0.05, 0) is 56.6 Å². The molecule has 1 aromatic carbocycles. The molecular weight excluding hydrogens is 326 g/mol. The fourth-order valence-electron chi connectivity index (χ4n) is 2.63.